The number of aliphatic hydroxyl groups excluding tert-OH is 1. The lowest BCUT2D eigenvalue weighted by atomic mass is 10.0. The second-order valence-corrected chi connectivity index (χ2v) is 3.47. The molecule has 1 N–H and O–H groups in total. The molecule has 1 heterocycles. The average Bonchev–Trinajstić information content (AvgIpc) is 2.62. The van der Waals surface area contributed by atoms with Gasteiger partial charge in [0.25, 0.3) is 0 Å². The van der Waals surface area contributed by atoms with E-state index in [9.17, 15) is 0 Å². The maximum atomic E-state index is 8.83. The van der Waals surface area contributed by atoms with Crippen LogP contribution in [-0.4, -0.2) is 23.4 Å². The normalized spacial score (nSPS) is 33.7. The summed E-state index contributed by atoms with van der Waals surface area (Å²) in [6.45, 7) is 0.123. The summed E-state index contributed by atoms with van der Waals surface area (Å²) in [6.07, 6.45) is 8.91. The van der Waals surface area contributed by atoms with Gasteiger partial charge in [0.1, 0.15) is 0 Å². The molecule has 1 saturated carbocycles. The van der Waals surface area contributed by atoms with Crippen LogP contribution in [0.25, 0.3) is 0 Å². The average molecular weight is 154 g/mol. The van der Waals surface area contributed by atoms with Crippen molar-refractivity contribution in [1.82, 2.24) is 0 Å². The van der Waals surface area contributed by atoms with E-state index in [0.717, 1.165) is 12.8 Å². The topological polar surface area (TPSA) is 29.5 Å². The summed E-state index contributed by atoms with van der Waals surface area (Å²) in [7, 11) is 0. The summed E-state index contributed by atoms with van der Waals surface area (Å²) in [6, 6.07) is 0. The first-order chi connectivity index (χ1) is 5.35. The Hall–Kier alpha value is -0.340. The zero-order chi connectivity index (χ0) is 7.73. The van der Waals surface area contributed by atoms with Gasteiger partial charge in [-0.15, -0.1) is 0 Å². The summed E-state index contributed by atoms with van der Waals surface area (Å²) >= 11 is 0. The highest BCUT2D eigenvalue weighted by Crippen LogP contribution is 2.38. The summed E-state index contributed by atoms with van der Waals surface area (Å²) in [5.41, 5.74) is 0.0212. The molecule has 1 unspecified atom stereocenters. The summed E-state index contributed by atoms with van der Waals surface area (Å²) in [4.78, 5) is 0. The van der Waals surface area contributed by atoms with Crippen LogP contribution in [-0.2, 0) is 4.74 Å². The Kier molecular flexibility index (Phi) is 1.74. The molecule has 0 bridgehead atoms. The molecular formula is C9H14O2. The van der Waals surface area contributed by atoms with Gasteiger partial charge in [-0.1, -0.05) is 25.0 Å². The monoisotopic (exact) mass is 154 g/mol. The third kappa shape index (κ3) is 1.21. The van der Waals surface area contributed by atoms with E-state index in [-0.39, 0.29) is 18.3 Å². The van der Waals surface area contributed by atoms with Gasteiger partial charge < -0.3 is 9.84 Å². The smallest absolute Gasteiger partial charge is 0.0999 e. The van der Waals surface area contributed by atoms with Crippen LogP contribution in [0.2, 0.25) is 0 Å². The van der Waals surface area contributed by atoms with Crippen LogP contribution in [0.1, 0.15) is 25.7 Å². The van der Waals surface area contributed by atoms with Crippen LogP contribution in [0.4, 0.5) is 0 Å². The Morgan fingerprint density at radius 3 is 2.73 bits per heavy atom. The highest BCUT2D eigenvalue weighted by molar-refractivity contribution is 5.13. The fraction of sp³-hybridized carbons (Fsp3) is 0.778. The molecule has 0 aromatic rings. The number of hydrogen-bond donors (Lipinski definition) is 1. The minimum Gasteiger partial charge on any atom is -0.393 e. The van der Waals surface area contributed by atoms with Crippen molar-refractivity contribution in [2.24, 2.45) is 0 Å². The van der Waals surface area contributed by atoms with Gasteiger partial charge in [-0.2, -0.15) is 0 Å². The van der Waals surface area contributed by atoms with E-state index < -0.39 is 0 Å². The first-order valence-electron chi connectivity index (χ1n) is 4.33. The predicted molar refractivity (Wildman–Crippen MR) is 42.3 cm³/mol. The number of ether oxygens (including phenoxy) is 1. The molecule has 1 fully saturated rings. The molecule has 2 nitrogen and oxygen atoms in total. The van der Waals surface area contributed by atoms with E-state index >= 15 is 0 Å². The Morgan fingerprint density at radius 1 is 1.45 bits per heavy atom. The zero-order valence-corrected chi connectivity index (χ0v) is 6.62. The van der Waals surface area contributed by atoms with Crippen molar-refractivity contribution in [2.75, 3.05) is 6.61 Å². The molecule has 1 aliphatic heterocycles. The van der Waals surface area contributed by atoms with Crippen molar-refractivity contribution >= 4 is 0 Å². The van der Waals surface area contributed by atoms with Gasteiger partial charge in [0.15, 0.2) is 0 Å². The summed E-state index contributed by atoms with van der Waals surface area (Å²) in [5.74, 6) is 0. The van der Waals surface area contributed by atoms with Gasteiger partial charge in [0, 0.05) is 0 Å². The number of aliphatic hydroxyl groups is 1. The van der Waals surface area contributed by atoms with Crippen LogP contribution in [0.15, 0.2) is 12.2 Å². The van der Waals surface area contributed by atoms with E-state index in [1.165, 1.54) is 12.8 Å². The third-order valence-electron chi connectivity index (χ3n) is 2.63. The number of rotatable bonds is 1. The van der Waals surface area contributed by atoms with Crippen LogP contribution in [0.3, 0.4) is 0 Å². The first kappa shape index (κ1) is 7.32. The lowest BCUT2D eigenvalue weighted by molar-refractivity contribution is -0.0393. The Bertz CT molecular complexity index is 168. The van der Waals surface area contributed by atoms with Crippen molar-refractivity contribution in [3.8, 4) is 0 Å². The van der Waals surface area contributed by atoms with E-state index in [4.69, 9.17) is 9.84 Å². The standard InChI is InChI=1S/C9H14O2/c10-7-8-3-6-9(11-8)4-1-2-5-9/h3,6,8,10H,1-2,4-5,7H2. The minimum absolute atomic E-state index is 0.0212. The molecule has 2 heteroatoms. The van der Waals surface area contributed by atoms with Crippen LogP contribution in [0, 0.1) is 0 Å². The van der Waals surface area contributed by atoms with Crippen molar-refractivity contribution in [1.29, 1.82) is 0 Å². The second-order valence-electron chi connectivity index (χ2n) is 3.47. The SMILES string of the molecule is OCC1C=CC2(CCCC2)O1. The Morgan fingerprint density at radius 2 is 2.18 bits per heavy atom. The Balaban J connectivity index is 2.03. The van der Waals surface area contributed by atoms with Gasteiger partial charge in [0.2, 0.25) is 0 Å². The van der Waals surface area contributed by atoms with Crippen molar-refractivity contribution < 1.29 is 9.84 Å². The lowest BCUT2D eigenvalue weighted by Crippen LogP contribution is -2.26. The molecule has 1 aliphatic carbocycles. The van der Waals surface area contributed by atoms with Gasteiger partial charge >= 0.3 is 0 Å². The number of hydrogen-bond acceptors (Lipinski definition) is 2. The van der Waals surface area contributed by atoms with E-state index in [0.29, 0.717) is 0 Å². The zero-order valence-electron chi connectivity index (χ0n) is 6.62. The van der Waals surface area contributed by atoms with Crippen molar-refractivity contribution in [3.05, 3.63) is 12.2 Å². The molecule has 0 aromatic carbocycles. The molecule has 0 aromatic heterocycles. The molecule has 2 aliphatic rings. The Labute approximate surface area is 66.9 Å². The third-order valence-corrected chi connectivity index (χ3v) is 2.63. The summed E-state index contributed by atoms with van der Waals surface area (Å²) < 4.78 is 5.70. The van der Waals surface area contributed by atoms with Crippen LogP contribution < -0.4 is 0 Å². The molecular weight excluding hydrogens is 140 g/mol. The fourth-order valence-corrected chi connectivity index (χ4v) is 2.02. The van der Waals surface area contributed by atoms with Gasteiger partial charge in [0.05, 0.1) is 18.3 Å². The lowest BCUT2D eigenvalue weighted by Gasteiger charge is -2.22. The van der Waals surface area contributed by atoms with E-state index in [1.807, 2.05) is 6.08 Å². The van der Waals surface area contributed by atoms with Crippen molar-refractivity contribution in [2.45, 2.75) is 37.4 Å². The van der Waals surface area contributed by atoms with Crippen LogP contribution >= 0.6 is 0 Å². The molecule has 0 radical (unpaired) electrons. The molecule has 1 atom stereocenters. The molecule has 0 amide bonds. The summed E-state index contributed by atoms with van der Waals surface area (Å²) in [5, 5.41) is 8.83. The van der Waals surface area contributed by atoms with Gasteiger partial charge in [-0.3, -0.25) is 0 Å². The molecule has 62 valence electrons. The fourth-order valence-electron chi connectivity index (χ4n) is 2.02. The van der Waals surface area contributed by atoms with E-state index in [2.05, 4.69) is 6.08 Å². The van der Waals surface area contributed by atoms with E-state index in [1.54, 1.807) is 0 Å². The first-order valence-corrected chi connectivity index (χ1v) is 4.33. The molecule has 0 saturated heterocycles. The predicted octanol–water partition coefficient (Wildman–Crippen LogP) is 1.25. The van der Waals surface area contributed by atoms with Gasteiger partial charge in [-0.05, 0) is 12.8 Å². The molecule has 1 spiro atoms. The minimum atomic E-state index is -0.0342. The quantitative estimate of drug-likeness (QED) is 0.576. The second kappa shape index (κ2) is 2.61. The van der Waals surface area contributed by atoms with Gasteiger partial charge in [-0.25, -0.2) is 0 Å². The largest absolute Gasteiger partial charge is 0.393 e. The van der Waals surface area contributed by atoms with Crippen molar-refractivity contribution in [3.63, 3.8) is 0 Å². The highest BCUT2D eigenvalue weighted by Gasteiger charge is 2.37. The van der Waals surface area contributed by atoms with Crippen LogP contribution in [0.5, 0.6) is 0 Å². The maximum absolute atomic E-state index is 8.83. The molecule has 2 rings (SSSR count). The maximum Gasteiger partial charge on any atom is 0.0999 e. The molecule has 11 heavy (non-hydrogen) atoms. The highest BCUT2D eigenvalue weighted by atomic mass is 16.5.